The largest absolute Gasteiger partial charge is 0.497 e. The molecule has 27 heavy (non-hydrogen) atoms. The summed E-state index contributed by atoms with van der Waals surface area (Å²) in [5.41, 5.74) is 2.20. The molecule has 0 bridgehead atoms. The number of nitrogens with zero attached hydrogens (tertiary/aromatic N) is 1. The van der Waals surface area contributed by atoms with Crippen LogP contribution in [0, 0.1) is 5.92 Å². The van der Waals surface area contributed by atoms with Crippen LogP contribution in [0.3, 0.4) is 0 Å². The van der Waals surface area contributed by atoms with Gasteiger partial charge in [-0.25, -0.2) is 0 Å². The van der Waals surface area contributed by atoms with Crippen LogP contribution in [0.2, 0.25) is 0 Å². The van der Waals surface area contributed by atoms with Crippen molar-refractivity contribution in [3.63, 3.8) is 0 Å². The van der Waals surface area contributed by atoms with Crippen molar-refractivity contribution in [3.8, 4) is 5.75 Å². The third-order valence-corrected chi connectivity index (χ3v) is 4.49. The van der Waals surface area contributed by atoms with Gasteiger partial charge in [0.15, 0.2) is 0 Å². The molecule has 140 valence electrons. The molecule has 5 heteroatoms. The number of rotatable bonds is 8. The van der Waals surface area contributed by atoms with Gasteiger partial charge in [-0.05, 0) is 48.7 Å². The van der Waals surface area contributed by atoms with Gasteiger partial charge in [0.1, 0.15) is 5.75 Å². The summed E-state index contributed by atoms with van der Waals surface area (Å²) in [5.74, 6) is 0.824. The van der Waals surface area contributed by atoms with E-state index >= 15 is 0 Å². The first kappa shape index (κ1) is 18.7. The first-order valence-electron chi connectivity index (χ1n) is 9.04. The fraction of sp³-hybridized carbons (Fsp3) is 0.273. The molecule has 5 nitrogen and oxygen atoms in total. The lowest BCUT2D eigenvalue weighted by atomic mass is 10.1. The second kappa shape index (κ2) is 8.54. The van der Waals surface area contributed by atoms with Crippen LogP contribution in [0.5, 0.6) is 5.75 Å². The Morgan fingerprint density at radius 2 is 1.96 bits per heavy atom. The Kier molecular flexibility index (Phi) is 5.91. The van der Waals surface area contributed by atoms with Crippen LogP contribution in [0.1, 0.15) is 28.8 Å². The van der Waals surface area contributed by atoms with Crippen LogP contribution >= 0.6 is 0 Å². The van der Waals surface area contributed by atoms with Gasteiger partial charge < -0.3 is 15.0 Å². The van der Waals surface area contributed by atoms with Crippen LogP contribution in [0.25, 0.3) is 0 Å². The maximum absolute atomic E-state index is 13.0. The minimum absolute atomic E-state index is 0.0285. The predicted molar refractivity (Wildman–Crippen MR) is 106 cm³/mol. The summed E-state index contributed by atoms with van der Waals surface area (Å²) in [5, 5.41) is 2.89. The number of benzene rings is 2. The van der Waals surface area contributed by atoms with Gasteiger partial charge in [-0.1, -0.05) is 24.3 Å². The SMILES string of the molecule is C=CCN(Cc1ccc(OC)cc1)C(=O)c1cccc(NC(=O)C2CC2)c1. The van der Waals surface area contributed by atoms with E-state index in [1.807, 2.05) is 24.3 Å². The van der Waals surface area contributed by atoms with E-state index in [-0.39, 0.29) is 17.7 Å². The number of hydrogen-bond acceptors (Lipinski definition) is 3. The number of ether oxygens (including phenoxy) is 1. The number of methoxy groups -OCH3 is 1. The normalized spacial score (nSPS) is 12.9. The van der Waals surface area contributed by atoms with E-state index in [1.165, 1.54) is 0 Å². The maximum atomic E-state index is 13.0. The summed E-state index contributed by atoms with van der Waals surface area (Å²) < 4.78 is 5.17. The minimum Gasteiger partial charge on any atom is -0.497 e. The van der Waals surface area contributed by atoms with Crippen molar-refractivity contribution in [1.82, 2.24) is 4.90 Å². The Balaban J connectivity index is 1.73. The van der Waals surface area contributed by atoms with E-state index in [4.69, 9.17) is 4.74 Å². The van der Waals surface area contributed by atoms with Crippen LogP contribution in [0.4, 0.5) is 5.69 Å². The van der Waals surface area contributed by atoms with Gasteiger partial charge in [0.05, 0.1) is 7.11 Å². The Labute approximate surface area is 159 Å². The van der Waals surface area contributed by atoms with Crippen LogP contribution < -0.4 is 10.1 Å². The van der Waals surface area contributed by atoms with Gasteiger partial charge in [0.2, 0.25) is 5.91 Å². The summed E-state index contributed by atoms with van der Waals surface area (Å²) in [6, 6.07) is 14.7. The first-order chi connectivity index (χ1) is 13.1. The van der Waals surface area contributed by atoms with E-state index in [1.54, 1.807) is 42.4 Å². The molecule has 3 rings (SSSR count). The quantitative estimate of drug-likeness (QED) is 0.724. The zero-order chi connectivity index (χ0) is 19.2. The molecular weight excluding hydrogens is 340 g/mol. The molecule has 0 radical (unpaired) electrons. The van der Waals surface area contributed by atoms with E-state index in [0.29, 0.717) is 24.3 Å². The molecule has 2 aromatic rings. The monoisotopic (exact) mass is 364 g/mol. The van der Waals surface area contributed by atoms with Crippen molar-refractivity contribution in [2.24, 2.45) is 5.92 Å². The average molecular weight is 364 g/mol. The molecule has 0 unspecified atom stereocenters. The summed E-state index contributed by atoms with van der Waals surface area (Å²) in [7, 11) is 1.62. The number of carbonyl (C=O) groups excluding carboxylic acids is 2. The average Bonchev–Trinajstić information content (AvgIpc) is 3.53. The van der Waals surface area contributed by atoms with Crippen LogP contribution in [-0.4, -0.2) is 30.4 Å². The molecule has 0 heterocycles. The second-order valence-corrected chi connectivity index (χ2v) is 6.67. The number of nitrogens with one attached hydrogen (secondary N) is 1. The molecule has 1 fully saturated rings. The minimum atomic E-state index is -0.103. The number of anilines is 1. The third-order valence-electron chi connectivity index (χ3n) is 4.49. The number of amides is 2. The Bertz CT molecular complexity index is 826. The van der Waals surface area contributed by atoms with Gasteiger partial charge in [-0.3, -0.25) is 9.59 Å². The van der Waals surface area contributed by atoms with E-state index in [9.17, 15) is 9.59 Å². The first-order valence-corrected chi connectivity index (χ1v) is 9.04. The van der Waals surface area contributed by atoms with E-state index in [0.717, 1.165) is 24.2 Å². The lowest BCUT2D eigenvalue weighted by Gasteiger charge is -2.22. The Morgan fingerprint density at radius 3 is 2.59 bits per heavy atom. The number of hydrogen-bond donors (Lipinski definition) is 1. The van der Waals surface area contributed by atoms with Crippen molar-refractivity contribution in [2.75, 3.05) is 19.0 Å². The van der Waals surface area contributed by atoms with Crippen molar-refractivity contribution in [2.45, 2.75) is 19.4 Å². The summed E-state index contributed by atoms with van der Waals surface area (Å²) in [4.78, 5) is 26.7. The molecular formula is C22H24N2O3. The molecule has 0 aromatic heterocycles. The molecule has 1 aliphatic rings. The highest BCUT2D eigenvalue weighted by Gasteiger charge is 2.29. The topological polar surface area (TPSA) is 58.6 Å². The van der Waals surface area contributed by atoms with Crippen LogP contribution in [-0.2, 0) is 11.3 Å². The molecule has 0 spiro atoms. The zero-order valence-electron chi connectivity index (χ0n) is 15.5. The van der Waals surface area contributed by atoms with Crippen molar-refractivity contribution in [3.05, 3.63) is 72.3 Å². The van der Waals surface area contributed by atoms with Crippen LogP contribution in [0.15, 0.2) is 61.2 Å². The summed E-state index contributed by atoms with van der Waals surface area (Å²) >= 11 is 0. The Hall–Kier alpha value is -3.08. The van der Waals surface area contributed by atoms with Gasteiger partial charge in [-0.2, -0.15) is 0 Å². The highest BCUT2D eigenvalue weighted by molar-refractivity contribution is 5.98. The molecule has 0 aliphatic heterocycles. The van der Waals surface area contributed by atoms with Gasteiger partial charge in [0.25, 0.3) is 5.91 Å². The smallest absolute Gasteiger partial charge is 0.254 e. The second-order valence-electron chi connectivity index (χ2n) is 6.67. The van der Waals surface area contributed by atoms with E-state index < -0.39 is 0 Å². The molecule has 2 aromatic carbocycles. The lowest BCUT2D eigenvalue weighted by molar-refractivity contribution is -0.117. The fourth-order valence-electron chi connectivity index (χ4n) is 2.83. The molecule has 1 saturated carbocycles. The van der Waals surface area contributed by atoms with E-state index in [2.05, 4.69) is 11.9 Å². The van der Waals surface area contributed by atoms with Gasteiger partial charge in [0, 0.05) is 30.3 Å². The number of carbonyl (C=O) groups is 2. The molecule has 2 amide bonds. The molecule has 0 atom stereocenters. The summed E-state index contributed by atoms with van der Waals surface area (Å²) in [6.07, 6.45) is 3.60. The standard InChI is InChI=1S/C22H24N2O3/c1-3-13-24(15-16-7-11-20(27-2)12-8-16)22(26)18-5-4-6-19(14-18)23-21(25)17-9-10-17/h3-8,11-12,14,17H,1,9-10,13,15H2,2H3,(H,23,25). The van der Waals surface area contributed by atoms with Crippen molar-refractivity contribution in [1.29, 1.82) is 0 Å². The van der Waals surface area contributed by atoms with Gasteiger partial charge in [-0.15, -0.1) is 6.58 Å². The zero-order valence-corrected chi connectivity index (χ0v) is 15.5. The third kappa shape index (κ3) is 4.97. The lowest BCUT2D eigenvalue weighted by Crippen LogP contribution is -2.30. The molecule has 0 saturated heterocycles. The molecule has 1 aliphatic carbocycles. The highest BCUT2D eigenvalue weighted by Crippen LogP contribution is 2.30. The molecule has 1 N–H and O–H groups in total. The van der Waals surface area contributed by atoms with Crippen molar-refractivity contribution < 1.29 is 14.3 Å². The van der Waals surface area contributed by atoms with Crippen molar-refractivity contribution >= 4 is 17.5 Å². The fourth-order valence-corrected chi connectivity index (χ4v) is 2.83. The Morgan fingerprint density at radius 1 is 1.22 bits per heavy atom. The van der Waals surface area contributed by atoms with Gasteiger partial charge >= 0.3 is 0 Å². The maximum Gasteiger partial charge on any atom is 0.254 e. The highest BCUT2D eigenvalue weighted by atomic mass is 16.5. The predicted octanol–water partition coefficient (Wildman–Crippen LogP) is 3.87. The summed E-state index contributed by atoms with van der Waals surface area (Å²) in [6.45, 7) is 4.66.